The van der Waals surface area contributed by atoms with Crippen LogP contribution < -0.4 is 16.0 Å². The first-order chi connectivity index (χ1) is 26.1. The molecule has 9 nitrogen and oxygen atoms in total. The Balaban J connectivity index is 1.17. The lowest BCUT2D eigenvalue weighted by Crippen LogP contribution is -2.52. The Bertz CT molecular complexity index is 1770. The quantitative estimate of drug-likeness (QED) is 0.107. The minimum atomic E-state index is -0.832. The molecule has 1 aliphatic heterocycles. The van der Waals surface area contributed by atoms with Crippen LogP contribution in [0.3, 0.4) is 0 Å². The third-order valence-corrected chi connectivity index (χ3v) is 9.68. The number of hydrogen-bond donors (Lipinski definition) is 3. The smallest absolute Gasteiger partial charge is 0.408 e. The summed E-state index contributed by atoms with van der Waals surface area (Å²) in [5, 5.41) is 8.91. The number of nitrogens with one attached hydrogen (secondary N) is 3. The van der Waals surface area contributed by atoms with E-state index in [0.29, 0.717) is 58.2 Å². The van der Waals surface area contributed by atoms with Gasteiger partial charge >= 0.3 is 6.09 Å². The number of nitrogens with zero attached hydrogens (tertiary/aromatic N) is 1. The van der Waals surface area contributed by atoms with Gasteiger partial charge in [-0.15, -0.1) is 0 Å². The van der Waals surface area contributed by atoms with Crippen LogP contribution in [0.1, 0.15) is 86.6 Å². The highest BCUT2D eigenvalue weighted by Gasteiger charge is 2.34. The van der Waals surface area contributed by atoms with Gasteiger partial charge in [0, 0.05) is 38.4 Å². The van der Waals surface area contributed by atoms with Gasteiger partial charge in [0.1, 0.15) is 17.7 Å². The third kappa shape index (κ3) is 12.0. The van der Waals surface area contributed by atoms with E-state index >= 15 is 0 Å². The monoisotopic (exact) mass is 730 g/mol. The number of amides is 4. The van der Waals surface area contributed by atoms with E-state index < -0.39 is 23.8 Å². The summed E-state index contributed by atoms with van der Waals surface area (Å²) in [7, 11) is 0. The van der Waals surface area contributed by atoms with Crippen molar-refractivity contribution in [1.82, 2.24) is 20.9 Å². The summed E-state index contributed by atoms with van der Waals surface area (Å²) in [5.74, 6) is -0.584. The van der Waals surface area contributed by atoms with E-state index in [1.54, 1.807) is 25.7 Å². The average Bonchev–Trinajstić information content (AvgIpc) is 3.17. The summed E-state index contributed by atoms with van der Waals surface area (Å²) >= 11 is 0. The number of rotatable bonds is 16. The Morgan fingerprint density at radius 2 is 1.33 bits per heavy atom. The van der Waals surface area contributed by atoms with Gasteiger partial charge < -0.3 is 25.6 Å². The molecule has 4 aromatic rings. The van der Waals surface area contributed by atoms with Crippen molar-refractivity contribution in [2.75, 3.05) is 13.1 Å². The van der Waals surface area contributed by atoms with Gasteiger partial charge in [-0.2, -0.15) is 0 Å². The fourth-order valence-corrected chi connectivity index (χ4v) is 6.90. The molecule has 284 valence electrons. The van der Waals surface area contributed by atoms with Crippen molar-refractivity contribution in [1.29, 1.82) is 0 Å². The van der Waals surface area contributed by atoms with Crippen molar-refractivity contribution < 1.29 is 23.9 Å². The van der Waals surface area contributed by atoms with Crippen molar-refractivity contribution in [3.8, 4) is 0 Å². The summed E-state index contributed by atoms with van der Waals surface area (Å²) in [5.41, 5.74) is 4.76. The van der Waals surface area contributed by atoms with Gasteiger partial charge in [0.25, 0.3) is 0 Å². The molecule has 54 heavy (non-hydrogen) atoms. The lowest BCUT2D eigenvalue weighted by atomic mass is 9.91. The Kier molecular flexibility index (Phi) is 14.4. The molecule has 4 aromatic carbocycles. The topological polar surface area (TPSA) is 117 Å². The highest BCUT2D eigenvalue weighted by molar-refractivity contribution is 5.88. The van der Waals surface area contributed by atoms with E-state index in [2.05, 4.69) is 28.1 Å². The van der Waals surface area contributed by atoms with E-state index in [-0.39, 0.29) is 23.6 Å². The highest BCUT2D eigenvalue weighted by Crippen LogP contribution is 2.26. The average molecular weight is 731 g/mol. The molecule has 0 saturated heterocycles. The number of hydrogen-bond acceptors (Lipinski definition) is 5. The lowest BCUT2D eigenvalue weighted by molar-refractivity contribution is -0.141. The Morgan fingerprint density at radius 1 is 0.741 bits per heavy atom. The highest BCUT2D eigenvalue weighted by atomic mass is 16.6. The van der Waals surface area contributed by atoms with Crippen molar-refractivity contribution in [3.05, 3.63) is 143 Å². The number of unbranched alkanes of at least 4 members (excludes halogenated alkanes) is 1. The molecule has 0 saturated carbocycles. The number of ether oxygens (including phenoxy) is 1. The van der Waals surface area contributed by atoms with E-state index in [9.17, 15) is 19.2 Å². The molecule has 0 fully saturated rings. The van der Waals surface area contributed by atoms with Crippen LogP contribution in [0, 0.1) is 0 Å². The minimum Gasteiger partial charge on any atom is -0.444 e. The first-order valence-corrected chi connectivity index (χ1v) is 19.1. The molecule has 3 N–H and O–H groups in total. The summed E-state index contributed by atoms with van der Waals surface area (Å²) in [4.78, 5) is 55.4. The molecule has 0 radical (unpaired) electrons. The number of alkyl carbamates (subject to hydrolysis) is 1. The maximum absolute atomic E-state index is 13.7. The maximum Gasteiger partial charge on any atom is 0.408 e. The van der Waals surface area contributed by atoms with Crippen LogP contribution >= 0.6 is 0 Å². The SMILES string of the molecule is CC(C)(C)OC(=O)N[C@@H](CCCCNC(=O)[C@@H]1Cc2ccccc2CN1C(=O)CCCc1ccccc1)C(=O)NCC(c1ccccc1)c1ccccc1. The van der Waals surface area contributed by atoms with Gasteiger partial charge in [0.15, 0.2) is 0 Å². The minimum absolute atomic E-state index is 0.0237. The van der Waals surface area contributed by atoms with Crippen molar-refractivity contribution in [3.63, 3.8) is 0 Å². The predicted octanol–water partition coefficient (Wildman–Crippen LogP) is 7.09. The van der Waals surface area contributed by atoms with Crippen LogP contribution in [0.25, 0.3) is 0 Å². The fraction of sp³-hybridized carbons (Fsp3) is 0.378. The van der Waals surface area contributed by atoms with Crippen LogP contribution in [0.2, 0.25) is 0 Å². The van der Waals surface area contributed by atoms with Crippen LogP contribution in [0.5, 0.6) is 0 Å². The lowest BCUT2D eigenvalue weighted by Gasteiger charge is -2.36. The van der Waals surface area contributed by atoms with Crippen LogP contribution in [-0.4, -0.2) is 59.5 Å². The second-order valence-corrected chi connectivity index (χ2v) is 15.0. The molecule has 1 aliphatic rings. The number of carbonyl (C=O) groups is 4. The van der Waals surface area contributed by atoms with Crippen LogP contribution in [0.15, 0.2) is 115 Å². The molecule has 0 bridgehead atoms. The van der Waals surface area contributed by atoms with Gasteiger partial charge in [-0.05, 0) is 80.7 Å². The van der Waals surface area contributed by atoms with Crippen LogP contribution in [-0.2, 0) is 38.5 Å². The zero-order valence-electron chi connectivity index (χ0n) is 31.8. The fourth-order valence-electron chi connectivity index (χ4n) is 6.90. The summed E-state index contributed by atoms with van der Waals surface area (Å²) < 4.78 is 5.49. The van der Waals surface area contributed by atoms with E-state index in [1.165, 1.54) is 5.56 Å². The molecule has 1 heterocycles. The van der Waals surface area contributed by atoms with Crippen molar-refractivity contribution in [2.45, 2.75) is 95.9 Å². The van der Waals surface area contributed by atoms with E-state index in [4.69, 9.17) is 4.74 Å². The van der Waals surface area contributed by atoms with E-state index in [0.717, 1.165) is 28.7 Å². The Hall–Kier alpha value is -5.44. The van der Waals surface area contributed by atoms with Crippen molar-refractivity contribution >= 4 is 23.8 Å². The first kappa shape index (κ1) is 39.8. The zero-order valence-corrected chi connectivity index (χ0v) is 31.8. The molecular formula is C45H54N4O5. The Labute approximate surface area is 319 Å². The van der Waals surface area contributed by atoms with Gasteiger partial charge in [-0.3, -0.25) is 14.4 Å². The number of fused-ring (bicyclic) bond motifs is 1. The molecular weight excluding hydrogens is 677 g/mol. The third-order valence-electron chi connectivity index (χ3n) is 9.68. The van der Waals surface area contributed by atoms with E-state index in [1.807, 2.05) is 103 Å². The summed E-state index contributed by atoms with van der Waals surface area (Å²) in [6.45, 7) is 6.46. The number of carbonyl (C=O) groups excluding carboxylic acids is 4. The summed E-state index contributed by atoms with van der Waals surface area (Å²) in [6, 6.07) is 36.7. The molecule has 0 aliphatic carbocycles. The molecule has 5 rings (SSSR count). The zero-order chi connectivity index (χ0) is 38.3. The molecule has 0 spiro atoms. The second-order valence-electron chi connectivity index (χ2n) is 15.0. The molecule has 4 amide bonds. The van der Waals surface area contributed by atoms with Gasteiger partial charge in [-0.25, -0.2) is 4.79 Å². The summed E-state index contributed by atoms with van der Waals surface area (Å²) in [6.07, 6.45) is 3.17. The predicted molar refractivity (Wildman–Crippen MR) is 212 cm³/mol. The Morgan fingerprint density at radius 3 is 1.96 bits per heavy atom. The number of benzene rings is 4. The largest absolute Gasteiger partial charge is 0.444 e. The van der Waals surface area contributed by atoms with Gasteiger partial charge in [-0.1, -0.05) is 115 Å². The number of aryl methyl sites for hydroxylation is 1. The standard InChI is InChI=1S/C45H54N4O5/c1-45(2,3)54-44(53)48-39(42(51)47-31-38(34-21-9-5-10-22-34)35-23-11-6-12-24-35)27-15-16-29-46-43(52)40-30-36-25-13-14-26-37(36)32-49(40)41(50)28-17-20-33-18-7-4-8-19-33/h4-14,18-19,21-26,38-40H,15-17,20,27-32H2,1-3H3,(H,46,52)(H,47,51)(H,48,53)/t39-,40-/m0/s1. The van der Waals surface area contributed by atoms with Gasteiger partial charge in [0.2, 0.25) is 17.7 Å². The van der Waals surface area contributed by atoms with Crippen LogP contribution in [0.4, 0.5) is 4.79 Å². The molecule has 0 aromatic heterocycles. The van der Waals surface area contributed by atoms with Gasteiger partial charge in [0.05, 0.1) is 0 Å². The first-order valence-electron chi connectivity index (χ1n) is 19.1. The normalized spacial score (nSPS) is 14.4. The molecule has 2 atom stereocenters. The van der Waals surface area contributed by atoms with Crippen molar-refractivity contribution in [2.24, 2.45) is 0 Å². The molecule has 0 unspecified atom stereocenters. The second kappa shape index (κ2) is 19.6. The maximum atomic E-state index is 13.7. The molecule has 9 heteroatoms.